The van der Waals surface area contributed by atoms with Gasteiger partial charge in [0.1, 0.15) is 11.5 Å². The Kier molecular flexibility index (Phi) is 11.5. The molecule has 244 valence electrons. The first-order valence-corrected chi connectivity index (χ1v) is 13.5. The molecule has 2 aromatic carbocycles. The zero-order valence-corrected chi connectivity index (χ0v) is 24.1. The first-order valence-electron chi connectivity index (χ1n) is 12.0. The van der Waals surface area contributed by atoms with Gasteiger partial charge in [-0.15, -0.1) is 26.3 Å². The van der Waals surface area contributed by atoms with Gasteiger partial charge in [-0.25, -0.2) is 9.59 Å². The molecule has 22 heteroatoms. The number of carbonyl (C=O) groups excluding carboxylic acids is 3. The van der Waals surface area contributed by atoms with Gasteiger partial charge in [0.05, 0.1) is 17.7 Å². The van der Waals surface area contributed by atoms with Gasteiger partial charge in [0.15, 0.2) is 0 Å². The van der Waals surface area contributed by atoms with Gasteiger partial charge in [0.25, 0.3) is 23.5 Å². The van der Waals surface area contributed by atoms with E-state index in [0.717, 1.165) is 24.3 Å². The summed E-state index contributed by atoms with van der Waals surface area (Å²) < 4.78 is 93.2. The molecule has 0 aliphatic carbocycles. The van der Waals surface area contributed by atoms with Crippen LogP contribution in [0, 0.1) is 0 Å². The molecule has 2 aromatic heterocycles. The van der Waals surface area contributed by atoms with Gasteiger partial charge in [-0.2, -0.15) is 18.7 Å². The van der Waals surface area contributed by atoms with E-state index < -0.39 is 53.8 Å². The molecule has 0 aliphatic rings. The highest BCUT2D eigenvalue weighted by Gasteiger charge is 2.34. The standard InChI is InChI=1S/C13H10F3N3O4S.C11H6F3N3O4S/c1-2-22-11(21)9-17-12(24-19-9)18-10(20)7-5-3-4-6-8(7)23-13(14,15)16;12-11(13,14)21-6-4-2-1-3-5(6)8(18)16-10-15-7(9(19)20)17-22-10/h3-6H,2H2,1H3,(H,17,18,19,20);1-4H,(H,19,20)(H,15,16,17,18). The number of nitrogens with zero attached hydrogens (tertiary/aromatic N) is 4. The number of aromatic nitrogens is 4. The molecule has 0 spiro atoms. The second-order valence-corrected chi connectivity index (χ2v) is 9.37. The van der Waals surface area contributed by atoms with E-state index >= 15 is 0 Å². The number of carboxylic acids is 1. The molecular weight excluding hydrogens is 678 g/mol. The van der Waals surface area contributed by atoms with Crippen LogP contribution < -0.4 is 20.1 Å². The highest BCUT2D eigenvalue weighted by molar-refractivity contribution is 7.10. The Morgan fingerprint density at radius 3 is 1.54 bits per heavy atom. The van der Waals surface area contributed by atoms with Crippen molar-refractivity contribution < 1.29 is 64.8 Å². The summed E-state index contributed by atoms with van der Waals surface area (Å²) in [6.07, 6.45) is -9.88. The fourth-order valence-corrected chi connectivity index (χ4v) is 4.09. The summed E-state index contributed by atoms with van der Waals surface area (Å²) in [5.74, 6) is -6.10. The maximum Gasteiger partial charge on any atom is 0.573 e. The summed E-state index contributed by atoms with van der Waals surface area (Å²) in [6, 6.07) is 9.55. The van der Waals surface area contributed by atoms with Crippen molar-refractivity contribution in [3.63, 3.8) is 0 Å². The zero-order valence-electron chi connectivity index (χ0n) is 22.5. The highest BCUT2D eigenvalue weighted by atomic mass is 32.1. The second kappa shape index (κ2) is 15.1. The van der Waals surface area contributed by atoms with Crippen molar-refractivity contribution in [2.45, 2.75) is 19.6 Å². The molecule has 0 saturated heterocycles. The van der Waals surface area contributed by atoms with Gasteiger partial charge in [-0.3, -0.25) is 20.2 Å². The molecule has 0 unspecified atom stereocenters. The van der Waals surface area contributed by atoms with Crippen molar-refractivity contribution in [3.05, 3.63) is 71.3 Å². The molecule has 0 bridgehead atoms. The van der Waals surface area contributed by atoms with Crippen LogP contribution in [0.25, 0.3) is 0 Å². The van der Waals surface area contributed by atoms with Gasteiger partial charge in [0, 0.05) is 23.1 Å². The minimum Gasteiger partial charge on any atom is -0.475 e. The minimum atomic E-state index is -4.95. The number of halogens is 6. The van der Waals surface area contributed by atoms with Crippen LogP contribution in [0.3, 0.4) is 0 Å². The predicted octanol–water partition coefficient (Wildman–Crippen LogP) is 5.25. The van der Waals surface area contributed by atoms with Crippen LogP contribution in [0.2, 0.25) is 0 Å². The van der Waals surface area contributed by atoms with Gasteiger partial charge < -0.3 is 19.3 Å². The number of nitrogens with one attached hydrogen (secondary N) is 2. The van der Waals surface area contributed by atoms with Gasteiger partial charge in [-0.05, 0) is 31.2 Å². The average molecular weight is 695 g/mol. The number of esters is 1. The monoisotopic (exact) mass is 694 g/mol. The highest BCUT2D eigenvalue weighted by Crippen LogP contribution is 2.28. The third-order valence-electron chi connectivity index (χ3n) is 4.66. The van der Waals surface area contributed by atoms with Crippen molar-refractivity contribution in [1.29, 1.82) is 0 Å². The van der Waals surface area contributed by atoms with E-state index in [9.17, 15) is 45.5 Å². The lowest BCUT2D eigenvalue weighted by atomic mass is 10.2. The predicted molar refractivity (Wildman–Crippen MR) is 145 cm³/mol. The molecule has 0 radical (unpaired) electrons. The molecular formula is C24H16F6N6O8S2. The number of carbonyl (C=O) groups is 4. The first-order chi connectivity index (χ1) is 21.6. The Labute approximate surface area is 260 Å². The third kappa shape index (κ3) is 10.7. The van der Waals surface area contributed by atoms with Crippen molar-refractivity contribution in [1.82, 2.24) is 18.7 Å². The molecule has 0 saturated carbocycles. The Morgan fingerprint density at radius 2 is 1.15 bits per heavy atom. The Hall–Kier alpha value is -5.38. The van der Waals surface area contributed by atoms with E-state index in [4.69, 9.17) is 5.11 Å². The van der Waals surface area contributed by atoms with E-state index in [1.54, 1.807) is 6.92 Å². The summed E-state index contributed by atoms with van der Waals surface area (Å²) in [4.78, 5) is 53.3. The zero-order chi connectivity index (χ0) is 34.1. The normalized spacial score (nSPS) is 11.0. The number of alkyl halides is 6. The van der Waals surface area contributed by atoms with Crippen LogP contribution in [0.5, 0.6) is 11.5 Å². The van der Waals surface area contributed by atoms with Crippen LogP contribution >= 0.6 is 23.1 Å². The smallest absolute Gasteiger partial charge is 0.475 e. The van der Waals surface area contributed by atoms with Crippen LogP contribution in [0.15, 0.2) is 48.5 Å². The molecule has 2 amide bonds. The summed E-state index contributed by atoms with van der Waals surface area (Å²) in [6.45, 7) is 1.73. The SMILES string of the molecule is CCOC(=O)c1nsc(NC(=O)c2ccccc2OC(F)(F)F)n1.O=C(O)c1nsc(NC(=O)c2ccccc2OC(F)(F)F)n1. The molecule has 46 heavy (non-hydrogen) atoms. The first kappa shape index (κ1) is 35.1. The second-order valence-electron chi connectivity index (χ2n) is 7.87. The van der Waals surface area contributed by atoms with Crippen molar-refractivity contribution >= 4 is 57.1 Å². The largest absolute Gasteiger partial charge is 0.573 e. The number of aromatic carboxylic acids is 1. The van der Waals surface area contributed by atoms with E-state index in [-0.39, 0.29) is 33.8 Å². The number of hydrogen-bond acceptors (Lipinski definition) is 13. The number of amides is 2. The number of para-hydroxylation sites is 2. The number of benzene rings is 2. The number of carboxylic acid groups (broad SMARTS) is 1. The molecule has 14 nitrogen and oxygen atoms in total. The van der Waals surface area contributed by atoms with Crippen LogP contribution in [0.4, 0.5) is 36.6 Å². The van der Waals surface area contributed by atoms with Crippen molar-refractivity contribution in [3.8, 4) is 11.5 Å². The third-order valence-corrected chi connectivity index (χ3v) is 5.92. The fraction of sp³-hybridized carbons (Fsp3) is 0.167. The summed E-state index contributed by atoms with van der Waals surface area (Å²) in [5.41, 5.74) is -0.727. The van der Waals surface area contributed by atoms with E-state index in [1.807, 2.05) is 0 Å². The van der Waals surface area contributed by atoms with Crippen LogP contribution in [0.1, 0.15) is 48.9 Å². The topological polar surface area (TPSA) is 192 Å². The van der Waals surface area contributed by atoms with Gasteiger partial charge >= 0.3 is 24.7 Å². The van der Waals surface area contributed by atoms with E-state index in [1.165, 1.54) is 24.3 Å². The molecule has 0 atom stereocenters. The summed E-state index contributed by atoms with van der Waals surface area (Å²) in [5, 5.41) is 12.8. The van der Waals surface area contributed by atoms with Gasteiger partial charge in [0.2, 0.25) is 10.3 Å². The number of anilines is 2. The Balaban J connectivity index is 0.000000251. The number of rotatable bonds is 9. The average Bonchev–Trinajstić information content (AvgIpc) is 3.62. The minimum absolute atomic E-state index is 0.0649. The fourth-order valence-electron chi connectivity index (χ4n) is 2.98. The molecule has 2 heterocycles. The summed E-state index contributed by atoms with van der Waals surface area (Å²) >= 11 is 1.27. The maximum atomic E-state index is 12.4. The Morgan fingerprint density at radius 1 is 0.739 bits per heavy atom. The maximum absolute atomic E-state index is 12.4. The van der Waals surface area contributed by atoms with Crippen LogP contribution in [-0.2, 0) is 4.74 Å². The van der Waals surface area contributed by atoms with Crippen molar-refractivity contribution in [2.24, 2.45) is 0 Å². The number of hydrogen-bond donors (Lipinski definition) is 3. The molecule has 0 aliphatic heterocycles. The lowest BCUT2D eigenvalue weighted by Crippen LogP contribution is -2.20. The quantitative estimate of drug-likeness (QED) is 0.152. The molecule has 4 rings (SSSR count). The Bertz CT molecular complexity index is 1710. The summed E-state index contributed by atoms with van der Waals surface area (Å²) in [7, 11) is 0. The number of ether oxygens (including phenoxy) is 3. The van der Waals surface area contributed by atoms with Gasteiger partial charge in [-0.1, -0.05) is 24.3 Å². The van der Waals surface area contributed by atoms with Crippen LogP contribution in [-0.4, -0.2) is 66.9 Å². The molecule has 4 aromatic rings. The lowest BCUT2D eigenvalue weighted by Gasteiger charge is -2.12. The molecule has 0 fully saturated rings. The van der Waals surface area contributed by atoms with E-state index in [0.29, 0.717) is 23.1 Å². The van der Waals surface area contributed by atoms with Crippen molar-refractivity contribution in [2.75, 3.05) is 17.2 Å². The molecule has 3 N–H and O–H groups in total. The lowest BCUT2D eigenvalue weighted by molar-refractivity contribution is -0.275. The van der Waals surface area contributed by atoms with E-state index in [2.05, 4.69) is 43.6 Å².